The van der Waals surface area contributed by atoms with Gasteiger partial charge in [0.15, 0.2) is 0 Å². The number of ether oxygens (including phenoxy) is 2. The van der Waals surface area contributed by atoms with Crippen LogP contribution in [0.3, 0.4) is 0 Å². The van der Waals surface area contributed by atoms with E-state index < -0.39 is 5.97 Å². The summed E-state index contributed by atoms with van der Waals surface area (Å²) in [5, 5.41) is 0. The quantitative estimate of drug-likeness (QED) is 0.618. The standard InChI is InChI=1S/C18H20O3/c1-12(2)14-10-9-13(3)11-17(14)21-18(19)15-7-5-6-8-16(15)20-4/h5-12H,1-4H3. The van der Waals surface area contributed by atoms with Crippen molar-refractivity contribution in [1.29, 1.82) is 0 Å². The van der Waals surface area contributed by atoms with Gasteiger partial charge >= 0.3 is 5.97 Å². The van der Waals surface area contributed by atoms with Crippen molar-refractivity contribution in [2.24, 2.45) is 0 Å². The SMILES string of the molecule is COc1ccccc1C(=O)Oc1cc(C)ccc1C(C)C. The molecule has 0 unspecified atom stereocenters. The second-order valence-corrected chi connectivity index (χ2v) is 5.29. The molecule has 2 aromatic rings. The highest BCUT2D eigenvalue weighted by atomic mass is 16.5. The third-order valence-corrected chi connectivity index (χ3v) is 3.32. The maximum atomic E-state index is 12.4. The van der Waals surface area contributed by atoms with Crippen molar-refractivity contribution >= 4 is 5.97 Å². The number of carbonyl (C=O) groups is 1. The Balaban J connectivity index is 2.33. The minimum atomic E-state index is -0.403. The van der Waals surface area contributed by atoms with Crippen molar-refractivity contribution in [3.63, 3.8) is 0 Å². The number of para-hydroxylation sites is 1. The summed E-state index contributed by atoms with van der Waals surface area (Å²) in [5.41, 5.74) is 2.50. The predicted molar refractivity (Wildman–Crippen MR) is 83.2 cm³/mol. The monoisotopic (exact) mass is 284 g/mol. The molecular formula is C18H20O3. The average Bonchev–Trinajstić information content (AvgIpc) is 2.46. The molecule has 3 nitrogen and oxygen atoms in total. The first kappa shape index (κ1) is 15.1. The lowest BCUT2D eigenvalue weighted by Gasteiger charge is -2.14. The smallest absolute Gasteiger partial charge is 0.347 e. The van der Waals surface area contributed by atoms with Gasteiger partial charge in [-0.3, -0.25) is 0 Å². The minimum absolute atomic E-state index is 0.283. The van der Waals surface area contributed by atoms with E-state index in [0.717, 1.165) is 11.1 Å². The van der Waals surface area contributed by atoms with Crippen LogP contribution in [0, 0.1) is 6.92 Å². The molecule has 2 aromatic carbocycles. The molecule has 0 aromatic heterocycles. The molecule has 0 N–H and O–H groups in total. The minimum Gasteiger partial charge on any atom is -0.496 e. The summed E-state index contributed by atoms with van der Waals surface area (Å²) in [6, 6.07) is 13.0. The third kappa shape index (κ3) is 3.43. The molecule has 0 aliphatic rings. The molecule has 2 rings (SSSR count). The number of benzene rings is 2. The Morgan fingerprint density at radius 2 is 1.76 bits per heavy atom. The van der Waals surface area contributed by atoms with Crippen molar-refractivity contribution in [2.75, 3.05) is 7.11 Å². The normalized spacial score (nSPS) is 10.5. The van der Waals surface area contributed by atoms with Gasteiger partial charge in [-0.1, -0.05) is 38.1 Å². The molecule has 0 saturated heterocycles. The van der Waals surface area contributed by atoms with Gasteiger partial charge in [-0.15, -0.1) is 0 Å². The van der Waals surface area contributed by atoms with Crippen LogP contribution in [-0.2, 0) is 0 Å². The predicted octanol–water partition coefficient (Wildman–Crippen LogP) is 4.35. The van der Waals surface area contributed by atoms with Gasteiger partial charge in [0.25, 0.3) is 0 Å². The number of methoxy groups -OCH3 is 1. The van der Waals surface area contributed by atoms with E-state index in [1.807, 2.05) is 31.2 Å². The van der Waals surface area contributed by atoms with Crippen LogP contribution in [0.1, 0.15) is 41.3 Å². The molecule has 3 heteroatoms. The van der Waals surface area contributed by atoms with E-state index in [-0.39, 0.29) is 5.92 Å². The van der Waals surface area contributed by atoms with Crippen molar-refractivity contribution < 1.29 is 14.3 Å². The van der Waals surface area contributed by atoms with E-state index in [1.165, 1.54) is 0 Å². The zero-order valence-electron chi connectivity index (χ0n) is 12.8. The first-order valence-electron chi connectivity index (χ1n) is 6.98. The van der Waals surface area contributed by atoms with Crippen molar-refractivity contribution in [3.05, 3.63) is 59.2 Å². The second kappa shape index (κ2) is 6.44. The van der Waals surface area contributed by atoms with E-state index in [4.69, 9.17) is 9.47 Å². The fourth-order valence-electron chi connectivity index (χ4n) is 2.18. The van der Waals surface area contributed by atoms with Crippen LogP contribution in [0.15, 0.2) is 42.5 Å². The van der Waals surface area contributed by atoms with Gasteiger partial charge in [0, 0.05) is 0 Å². The summed E-state index contributed by atoms with van der Waals surface area (Å²) in [6.45, 7) is 6.13. The highest BCUT2D eigenvalue weighted by Crippen LogP contribution is 2.29. The molecule has 0 fully saturated rings. The molecule has 0 heterocycles. The van der Waals surface area contributed by atoms with Gasteiger partial charge in [0.1, 0.15) is 17.1 Å². The Morgan fingerprint density at radius 1 is 1.05 bits per heavy atom. The fourth-order valence-corrected chi connectivity index (χ4v) is 2.18. The Morgan fingerprint density at radius 3 is 2.43 bits per heavy atom. The molecule has 110 valence electrons. The molecule has 0 spiro atoms. The lowest BCUT2D eigenvalue weighted by Crippen LogP contribution is -2.11. The Labute approximate surface area is 125 Å². The van der Waals surface area contributed by atoms with Crippen LogP contribution >= 0.6 is 0 Å². The lowest BCUT2D eigenvalue weighted by molar-refractivity contribution is 0.0729. The fraction of sp³-hybridized carbons (Fsp3) is 0.278. The molecule has 0 aliphatic carbocycles. The molecule has 0 saturated carbocycles. The van der Waals surface area contributed by atoms with E-state index >= 15 is 0 Å². The van der Waals surface area contributed by atoms with Crippen molar-refractivity contribution in [1.82, 2.24) is 0 Å². The summed E-state index contributed by atoms with van der Waals surface area (Å²) in [4.78, 5) is 12.4. The van der Waals surface area contributed by atoms with Gasteiger partial charge in [0.05, 0.1) is 7.11 Å². The highest BCUT2D eigenvalue weighted by Gasteiger charge is 2.17. The molecule has 0 aliphatic heterocycles. The number of aryl methyl sites for hydroxylation is 1. The summed E-state index contributed by atoms with van der Waals surface area (Å²) in [5.74, 6) is 1.01. The summed E-state index contributed by atoms with van der Waals surface area (Å²) < 4.78 is 10.8. The van der Waals surface area contributed by atoms with Gasteiger partial charge in [0.2, 0.25) is 0 Å². The summed E-state index contributed by atoms with van der Waals surface area (Å²) in [7, 11) is 1.54. The van der Waals surface area contributed by atoms with E-state index in [2.05, 4.69) is 13.8 Å². The van der Waals surface area contributed by atoms with Crippen molar-refractivity contribution in [3.8, 4) is 11.5 Å². The van der Waals surface area contributed by atoms with Crippen LogP contribution < -0.4 is 9.47 Å². The van der Waals surface area contributed by atoms with E-state index in [9.17, 15) is 4.79 Å². The molecule has 0 bridgehead atoms. The topological polar surface area (TPSA) is 35.5 Å². The van der Waals surface area contributed by atoms with Crippen LogP contribution in [0.25, 0.3) is 0 Å². The Kier molecular flexibility index (Phi) is 4.63. The number of hydrogen-bond donors (Lipinski definition) is 0. The molecule has 0 atom stereocenters. The van der Waals surface area contributed by atoms with Gasteiger partial charge in [-0.05, 0) is 42.2 Å². The van der Waals surface area contributed by atoms with Gasteiger partial charge in [-0.2, -0.15) is 0 Å². The van der Waals surface area contributed by atoms with Crippen LogP contribution in [0.2, 0.25) is 0 Å². The van der Waals surface area contributed by atoms with Crippen LogP contribution in [0.4, 0.5) is 0 Å². The van der Waals surface area contributed by atoms with Crippen LogP contribution in [0.5, 0.6) is 11.5 Å². The molecule has 0 amide bonds. The van der Waals surface area contributed by atoms with Crippen molar-refractivity contribution in [2.45, 2.75) is 26.7 Å². The zero-order chi connectivity index (χ0) is 15.4. The molecular weight excluding hydrogens is 264 g/mol. The first-order chi connectivity index (χ1) is 10.0. The number of carbonyl (C=O) groups excluding carboxylic acids is 1. The first-order valence-corrected chi connectivity index (χ1v) is 6.98. The van der Waals surface area contributed by atoms with E-state index in [0.29, 0.717) is 17.1 Å². The zero-order valence-corrected chi connectivity index (χ0v) is 12.8. The third-order valence-electron chi connectivity index (χ3n) is 3.32. The maximum absolute atomic E-state index is 12.4. The highest BCUT2D eigenvalue weighted by molar-refractivity contribution is 5.94. The molecule has 21 heavy (non-hydrogen) atoms. The number of esters is 1. The summed E-state index contributed by atoms with van der Waals surface area (Å²) >= 11 is 0. The number of rotatable bonds is 4. The number of hydrogen-bond acceptors (Lipinski definition) is 3. The van der Waals surface area contributed by atoms with E-state index in [1.54, 1.807) is 25.3 Å². The average molecular weight is 284 g/mol. The molecule has 0 radical (unpaired) electrons. The second-order valence-electron chi connectivity index (χ2n) is 5.29. The largest absolute Gasteiger partial charge is 0.496 e. The Hall–Kier alpha value is -2.29. The maximum Gasteiger partial charge on any atom is 0.347 e. The lowest BCUT2D eigenvalue weighted by atomic mass is 10.0. The Bertz CT molecular complexity index is 645. The van der Waals surface area contributed by atoms with Gasteiger partial charge in [-0.25, -0.2) is 4.79 Å². The van der Waals surface area contributed by atoms with Gasteiger partial charge < -0.3 is 9.47 Å². The summed E-state index contributed by atoms with van der Waals surface area (Å²) in [6.07, 6.45) is 0. The van der Waals surface area contributed by atoms with Crippen LogP contribution in [-0.4, -0.2) is 13.1 Å².